The second kappa shape index (κ2) is 5.75. The summed E-state index contributed by atoms with van der Waals surface area (Å²) in [4.78, 5) is 0. The largest absolute Gasteiger partial charge is 0.379 e. The quantitative estimate of drug-likeness (QED) is 0.859. The maximum absolute atomic E-state index is 12.1. The highest BCUT2D eigenvalue weighted by Gasteiger charge is 2.24. The van der Waals surface area contributed by atoms with Crippen molar-refractivity contribution in [3.63, 3.8) is 0 Å². The van der Waals surface area contributed by atoms with Crippen molar-refractivity contribution in [3.05, 3.63) is 33.8 Å². The molecule has 0 aromatic heterocycles. The Morgan fingerprint density at radius 1 is 1.17 bits per heavy atom. The molecule has 1 heterocycles. The van der Waals surface area contributed by atoms with Gasteiger partial charge in [0.2, 0.25) is 10.0 Å². The summed E-state index contributed by atoms with van der Waals surface area (Å²) >= 11 is 11.7. The van der Waals surface area contributed by atoms with Crippen LogP contribution in [0.5, 0.6) is 0 Å². The van der Waals surface area contributed by atoms with Crippen molar-refractivity contribution >= 4 is 33.2 Å². The first-order valence-corrected chi connectivity index (χ1v) is 7.85. The molecule has 1 aromatic carbocycles. The highest BCUT2D eigenvalue weighted by molar-refractivity contribution is 7.88. The Balaban J connectivity index is 2.13. The van der Waals surface area contributed by atoms with Crippen LogP contribution in [0.4, 0.5) is 0 Å². The molecule has 1 aromatic rings. The Bertz CT molecular complexity index is 527. The summed E-state index contributed by atoms with van der Waals surface area (Å²) < 4.78 is 30.9. The lowest BCUT2D eigenvalue weighted by Gasteiger charge is -2.26. The lowest BCUT2D eigenvalue weighted by Crippen LogP contribution is -2.41. The van der Waals surface area contributed by atoms with Crippen molar-refractivity contribution in [2.24, 2.45) is 0 Å². The van der Waals surface area contributed by atoms with E-state index in [9.17, 15) is 8.42 Å². The second-order valence-corrected chi connectivity index (χ2v) is 6.80. The molecule has 0 bridgehead atoms. The number of morpholine rings is 1. The molecule has 0 N–H and O–H groups in total. The van der Waals surface area contributed by atoms with Crippen LogP contribution in [0.3, 0.4) is 0 Å². The topological polar surface area (TPSA) is 46.6 Å². The molecule has 0 radical (unpaired) electrons. The van der Waals surface area contributed by atoms with Crippen LogP contribution in [0.2, 0.25) is 10.0 Å². The van der Waals surface area contributed by atoms with Crippen molar-refractivity contribution in [3.8, 4) is 0 Å². The van der Waals surface area contributed by atoms with E-state index in [1.807, 2.05) is 0 Å². The van der Waals surface area contributed by atoms with Gasteiger partial charge < -0.3 is 4.74 Å². The third kappa shape index (κ3) is 3.36. The van der Waals surface area contributed by atoms with E-state index >= 15 is 0 Å². The maximum Gasteiger partial charge on any atom is 0.218 e. The van der Waals surface area contributed by atoms with Crippen LogP contribution in [-0.2, 0) is 20.5 Å². The molecule has 1 saturated heterocycles. The van der Waals surface area contributed by atoms with E-state index in [4.69, 9.17) is 27.9 Å². The van der Waals surface area contributed by atoms with Gasteiger partial charge in [-0.25, -0.2) is 8.42 Å². The first-order valence-electron chi connectivity index (χ1n) is 5.48. The maximum atomic E-state index is 12.1. The summed E-state index contributed by atoms with van der Waals surface area (Å²) in [5, 5.41) is 0.788. The fourth-order valence-corrected chi connectivity index (χ4v) is 3.57. The van der Waals surface area contributed by atoms with Gasteiger partial charge in [-0.3, -0.25) is 0 Å². The normalized spacial score (nSPS) is 17.9. The van der Waals surface area contributed by atoms with E-state index in [0.29, 0.717) is 41.9 Å². The summed E-state index contributed by atoms with van der Waals surface area (Å²) in [7, 11) is -3.31. The Morgan fingerprint density at radius 2 is 1.83 bits per heavy atom. The molecular weight excluding hydrogens is 297 g/mol. The highest BCUT2D eigenvalue weighted by atomic mass is 35.5. The van der Waals surface area contributed by atoms with Gasteiger partial charge in [-0.15, -0.1) is 0 Å². The summed E-state index contributed by atoms with van der Waals surface area (Å²) in [6, 6.07) is 4.86. The van der Waals surface area contributed by atoms with Crippen molar-refractivity contribution in [2.45, 2.75) is 5.75 Å². The Kier molecular flexibility index (Phi) is 4.50. The van der Waals surface area contributed by atoms with Crippen LogP contribution >= 0.6 is 23.2 Å². The van der Waals surface area contributed by atoms with Gasteiger partial charge >= 0.3 is 0 Å². The molecule has 7 heteroatoms. The van der Waals surface area contributed by atoms with Crippen molar-refractivity contribution < 1.29 is 13.2 Å². The number of hydrogen-bond acceptors (Lipinski definition) is 3. The fraction of sp³-hybridized carbons (Fsp3) is 0.455. The molecule has 0 amide bonds. The van der Waals surface area contributed by atoms with Gasteiger partial charge in [-0.2, -0.15) is 4.31 Å². The van der Waals surface area contributed by atoms with Gasteiger partial charge in [0.05, 0.1) is 29.0 Å². The number of hydrogen-bond donors (Lipinski definition) is 0. The molecule has 2 rings (SSSR count). The molecular formula is C11H13Cl2NO3S. The fourth-order valence-electron chi connectivity index (χ4n) is 1.76. The number of ether oxygens (including phenoxy) is 1. The zero-order valence-electron chi connectivity index (χ0n) is 9.60. The minimum atomic E-state index is -3.31. The van der Waals surface area contributed by atoms with Gasteiger partial charge in [-0.05, 0) is 17.7 Å². The van der Waals surface area contributed by atoms with Gasteiger partial charge in [-0.1, -0.05) is 29.3 Å². The molecule has 0 unspecified atom stereocenters. The van der Waals surface area contributed by atoms with Crippen LogP contribution in [0.25, 0.3) is 0 Å². The number of sulfonamides is 1. The van der Waals surface area contributed by atoms with Crippen molar-refractivity contribution in [1.29, 1.82) is 0 Å². The van der Waals surface area contributed by atoms with Gasteiger partial charge in [0.1, 0.15) is 0 Å². The predicted octanol–water partition coefficient (Wildman–Crippen LogP) is 2.16. The highest BCUT2D eigenvalue weighted by Crippen LogP contribution is 2.24. The SMILES string of the molecule is O=S(=O)(Cc1ccc(Cl)c(Cl)c1)N1CCOCC1. The van der Waals surface area contributed by atoms with Crippen molar-refractivity contribution in [1.82, 2.24) is 4.31 Å². The summed E-state index contributed by atoms with van der Waals surface area (Å²) in [6.45, 7) is 1.70. The number of halogens is 2. The van der Waals surface area contributed by atoms with Gasteiger partial charge in [0.25, 0.3) is 0 Å². The molecule has 1 aliphatic rings. The number of nitrogens with zero attached hydrogens (tertiary/aromatic N) is 1. The zero-order chi connectivity index (χ0) is 13.2. The van der Waals surface area contributed by atoms with Crippen LogP contribution in [0.15, 0.2) is 18.2 Å². The number of benzene rings is 1. The van der Waals surface area contributed by atoms with Crippen LogP contribution in [0, 0.1) is 0 Å². The minimum Gasteiger partial charge on any atom is -0.379 e. The van der Waals surface area contributed by atoms with Gasteiger partial charge in [0, 0.05) is 13.1 Å². The van der Waals surface area contributed by atoms with E-state index in [1.165, 1.54) is 4.31 Å². The number of rotatable bonds is 3. The molecule has 0 aliphatic carbocycles. The first kappa shape index (κ1) is 14.1. The lowest BCUT2D eigenvalue weighted by atomic mass is 10.2. The zero-order valence-corrected chi connectivity index (χ0v) is 11.9. The molecule has 1 fully saturated rings. The van der Waals surface area contributed by atoms with Crippen LogP contribution < -0.4 is 0 Å². The van der Waals surface area contributed by atoms with Crippen molar-refractivity contribution in [2.75, 3.05) is 26.3 Å². The molecule has 100 valence electrons. The monoisotopic (exact) mass is 309 g/mol. The summed E-state index contributed by atoms with van der Waals surface area (Å²) in [5.41, 5.74) is 0.635. The minimum absolute atomic E-state index is 0.0656. The molecule has 4 nitrogen and oxygen atoms in total. The van der Waals surface area contributed by atoms with E-state index in [-0.39, 0.29) is 5.75 Å². The standard InChI is InChI=1S/C11H13Cl2NO3S/c12-10-2-1-9(7-11(10)13)8-18(15,16)14-3-5-17-6-4-14/h1-2,7H,3-6,8H2. The Morgan fingerprint density at radius 3 is 2.44 bits per heavy atom. The lowest BCUT2D eigenvalue weighted by molar-refractivity contribution is 0.0729. The third-order valence-electron chi connectivity index (χ3n) is 2.70. The molecule has 0 spiro atoms. The summed E-state index contributed by atoms with van der Waals surface area (Å²) in [5.74, 6) is -0.0656. The summed E-state index contributed by atoms with van der Waals surface area (Å²) in [6.07, 6.45) is 0. The molecule has 1 aliphatic heterocycles. The Hall–Kier alpha value is -0.330. The average Bonchev–Trinajstić information content (AvgIpc) is 2.35. The van der Waals surface area contributed by atoms with Crippen LogP contribution in [-0.4, -0.2) is 39.0 Å². The molecule has 0 atom stereocenters. The van der Waals surface area contributed by atoms with E-state index in [2.05, 4.69) is 0 Å². The smallest absolute Gasteiger partial charge is 0.218 e. The third-order valence-corrected chi connectivity index (χ3v) is 5.29. The predicted molar refractivity (Wildman–Crippen MR) is 71.5 cm³/mol. The molecule has 18 heavy (non-hydrogen) atoms. The van der Waals surface area contributed by atoms with E-state index in [1.54, 1.807) is 18.2 Å². The van der Waals surface area contributed by atoms with E-state index < -0.39 is 10.0 Å². The average molecular weight is 310 g/mol. The van der Waals surface area contributed by atoms with Crippen LogP contribution in [0.1, 0.15) is 5.56 Å². The Labute approximate surface area is 116 Å². The van der Waals surface area contributed by atoms with E-state index in [0.717, 1.165) is 0 Å². The first-order chi connectivity index (χ1) is 8.49. The van der Waals surface area contributed by atoms with Gasteiger partial charge in [0.15, 0.2) is 0 Å². The second-order valence-electron chi connectivity index (χ2n) is 4.02. The molecule has 0 saturated carbocycles.